The van der Waals surface area contributed by atoms with E-state index in [1.165, 1.54) is 0 Å². The molecule has 70 heavy (non-hydrogen) atoms. The molecule has 0 amide bonds. The number of nitrogens with zero attached hydrogens (tertiary/aromatic N) is 6. The van der Waals surface area contributed by atoms with Gasteiger partial charge in [0.15, 0.2) is 34.9 Å². The molecule has 0 aliphatic heterocycles. The lowest BCUT2D eigenvalue weighted by atomic mass is 9.90. The van der Waals surface area contributed by atoms with Gasteiger partial charge < -0.3 is 10.2 Å². The molecule has 0 fully saturated rings. The van der Waals surface area contributed by atoms with E-state index in [2.05, 4.69) is 52.3 Å². The van der Waals surface area contributed by atoms with Crippen LogP contribution in [-0.2, 0) is 0 Å². The summed E-state index contributed by atoms with van der Waals surface area (Å²) in [5, 5.41) is 18.2. The van der Waals surface area contributed by atoms with Crippen molar-refractivity contribution in [2.45, 2.75) is 38.9 Å². The number of aromatic nitrogens is 6. The van der Waals surface area contributed by atoms with Crippen LogP contribution in [-0.4, -0.2) is 59.2 Å². The smallest absolute Gasteiger partial charge is 0.164 e. The molecule has 0 atom stereocenters. The quantitative estimate of drug-likeness (QED) is 0.137. The molecule has 2 heterocycles. The molecule has 0 unspecified atom stereocenters. The molecule has 0 aliphatic carbocycles. The fourth-order valence-electron chi connectivity index (χ4n) is 6.94. The van der Waals surface area contributed by atoms with Gasteiger partial charge in [-0.2, -0.15) is 0 Å². The van der Waals surface area contributed by atoms with Gasteiger partial charge in [-0.3, -0.25) is 0 Å². The van der Waals surface area contributed by atoms with E-state index in [1.807, 2.05) is 182 Å². The number of halogens is 1. The third kappa shape index (κ3) is 12.7. The summed E-state index contributed by atoms with van der Waals surface area (Å²) in [4.78, 5) is 28.8. The molecule has 342 valence electrons. The Bertz CT molecular complexity index is 2970. The first-order valence-electron chi connectivity index (χ1n) is 22.8. The molecule has 0 saturated heterocycles. The molecule has 2 aromatic heterocycles. The number of rotatable bonds is 9. The van der Waals surface area contributed by atoms with Gasteiger partial charge in [0.05, 0.1) is 11.2 Å². The van der Waals surface area contributed by atoms with Gasteiger partial charge in [0.1, 0.15) is 7.85 Å². The molecule has 10 aromatic rings. The second-order valence-corrected chi connectivity index (χ2v) is 18.4. The van der Waals surface area contributed by atoms with Crippen LogP contribution in [0.4, 0.5) is 0 Å². The monoisotopic (exact) mass is 976 g/mol. The second kappa shape index (κ2) is 22.1. The predicted octanol–water partition coefficient (Wildman–Crippen LogP) is 13.2. The summed E-state index contributed by atoms with van der Waals surface area (Å²) in [6.07, 6.45) is 0. The summed E-state index contributed by atoms with van der Waals surface area (Å²) < 4.78 is 1.05. The lowest BCUT2D eigenvalue weighted by molar-refractivity contribution is -0.107. The highest BCUT2D eigenvalue weighted by Gasteiger charge is 2.32. The summed E-state index contributed by atoms with van der Waals surface area (Å²) >= 11 is 3.56. The van der Waals surface area contributed by atoms with Crippen LogP contribution in [0.5, 0.6) is 0 Å². The molecule has 0 spiro atoms. The molecule has 10 heteroatoms. The van der Waals surface area contributed by atoms with E-state index in [0.717, 1.165) is 65.6 Å². The van der Waals surface area contributed by atoms with E-state index in [1.54, 1.807) is 27.7 Å². The van der Waals surface area contributed by atoms with Gasteiger partial charge in [0.2, 0.25) is 0 Å². The zero-order valence-electron chi connectivity index (χ0n) is 39.3. The van der Waals surface area contributed by atoms with E-state index in [0.29, 0.717) is 34.9 Å². The van der Waals surface area contributed by atoms with Crippen LogP contribution in [0.2, 0.25) is 0 Å². The average Bonchev–Trinajstić information content (AvgIpc) is 3.39. The maximum absolute atomic E-state index is 9.10. The summed E-state index contributed by atoms with van der Waals surface area (Å²) in [6, 6.07) is 72.6. The standard InChI is InChI=1S/C27H18BN3.C27H18BrN3.C6H14O2/c2*28-24-16-8-14-22(18-24)21-13-7-15-23(17-21)27-30-25(19-9-3-1-4-10-19)29-26(31-27)20-11-5-2-6-12-20;1-5(2,7)6(3,4)8/h2*1-18H;7-8H,1-4H3. The Hall–Kier alpha value is -7.76. The fraction of sp³-hybridized carbons (Fsp3) is 0.100. The van der Waals surface area contributed by atoms with Crippen LogP contribution in [0, 0.1) is 0 Å². The van der Waals surface area contributed by atoms with Crippen molar-refractivity contribution in [3.05, 3.63) is 223 Å². The molecular formula is C60H50BBrN6O2. The normalized spacial score (nSPS) is 11.1. The van der Waals surface area contributed by atoms with Crippen molar-refractivity contribution in [3.8, 4) is 90.6 Å². The average molecular weight is 978 g/mol. The van der Waals surface area contributed by atoms with E-state index >= 15 is 0 Å². The number of hydrogen-bond donors (Lipinski definition) is 2. The lowest BCUT2D eigenvalue weighted by Gasteiger charge is -2.31. The van der Waals surface area contributed by atoms with Crippen molar-refractivity contribution in [3.63, 3.8) is 0 Å². The minimum atomic E-state index is -1.01. The van der Waals surface area contributed by atoms with Gasteiger partial charge in [0.25, 0.3) is 0 Å². The van der Waals surface area contributed by atoms with Crippen LogP contribution in [0.3, 0.4) is 0 Å². The summed E-state index contributed by atoms with van der Waals surface area (Å²) in [6.45, 7) is 6.31. The van der Waals surface area contributed by atoms with E-state index in [4.69, 9.17) is 48.0 Å². The minimum Gasteiger partial charge on any atom is -0.387 e. The molecule has 8 aromatic carbocycles. The first-order chi connectivity index (χ1) is 33.8. The Morgan fingerprint density at radius 1 is 0.300 bits per heavy atom. The van der Waals surface area contributed by atoms with Gasteiger partial charge >= 0.3 is 0 Å². The highest BCUT2D eigenvalue weighted by molar-refractivity contribution is 9.10. The summed E-state index contributed by atoms with van der Waals surface area (Å²) in [5.74, 6) is 3.93. The summed E-state index contributed by atoms with van der Waals surface area (Å²) in [7, 11) is 5.98. The van der Waals surface area contributed by atoms with E-state index in [-0.39, 0.29) is 0 Å². The third-order valence-corrected chi connectivity index (χ3v) is 12.0. The van der Waals surface area contributed by atoms with Crippen LogP contribution < -0.4 is 5.46 Å². The van der Waals surface area contributed by atoms with Crippen molar-refractivity contribution >= 4 is 29.2 Å². The molecular weight excluding hydrogens is 927 g/mol. The molecule has 10 rings (SSSR count). The molecule has 0 aliphatic rings. The van der Waals surface area contributed by atoms with Crippen molar-refractivity contribution in [1.82, 2.24) is 29.9 Å². The van der Waals surface area contributed by atoms with E-state index < -0.39 is 11.2 Å². The fourth-order valence-corrected chi connectivity index (χ4v) is 7.34. The Kier molecular flexibility index (Phi) is 15.4. The highest BCUT2D eigenvalue weighted by Crippen LogP contribution is 2.31. The maximum atomic E-state index is 9.10. The molecule has 8 nitrogen and oxygen atoms in total. The van der Waals surface area contributed by atoms with Crippen molar-refractivity contribution in [2.75, 3.05) is 0 Å². The molecule has 2 radical (unpaired) electrons. The van der Waals surface area contributed by atoms with Crippen LogP contribution in [0.1, 0.15) is 27.7 Å². The number of benzene rings is 8. The Labute approximate surface area is 419 Å². The van der Waals surface area contributed by atoms with Crippen molar-refractivity contribution < 1.29 is 10.2 Å². The third-order valence-electron chi connectivity index (χ3n) is 11.5. The lowest BCUT2D eigenvalue weighted by Crippen LogP contribution is -2.44. The molecule has 0 bridgehead atoms. The minimum absolute atomic E-state index is 0.637. The van der Waals surface area contributed by atoms with Gasteiger partial charge in [-0.1, -0.05) is 216 Å². The van der Waals surface area contributed by atoms with Crippen molar-refractivity contribution in [1.29, 1.82) is 0 Å². The highest BCUT2D eigenvalue weighted by atomic mass is 79.9. The van der Waals surface area contributed by atoms with Gasteiger partial charge in [-0.25, -0.2) is 29.9 Å². The van der Waals surface area contributed by atoms with Crippen molar-refractivity contribution in [2.24, 2.45) is 0 Å². The van der Waals surface area contributed by atoms with Crippen LogP contribution in [0.15, 0.2) is 223 Å². The topological polar surface area (TPSA) is 118 Å². The first kappa shape index (κ1) is 48.7. The predicted molar refractivity (Wildman–Crippen MR) is 289 cm³/mol. The first-order valence-corrected chi connectivity index (χ1v) is 23.6. The largest absolute Gasteiger partial charge is 0.387 e. The van der Waals surface area contributed by atoms with Crippen LogP contribution >= 0.6 is 15.9 Å². The number of hydrogen-bond acceptors (Lipinski definition) is 8. The molecule has 2 N–H and O–H groups in total. The SMILES string of the molecule is Brc1cccc(-c2cccc(-c3nc(-c4ccccc4)nc(-c4ccccc4)n3)c2)c1.CC(C)(O)C(C)(C)O.[B]c1cccc(-c2cccc(-c3nc(-c4ccccc4)nc(-c4ccccc4)n3)c2)c1. The van der Waals surface area contributed by atoms with Crippen LogP contribution in [0.25, 0.3) is 90.6 Å². The molecule has 0 saturated carbocycles. The zero-order chi connectivity index (χ0) is 49.1. The van der Waals surface area contributed by atoms with Gasteiger partial charge in [0, 0.05) is 37.9 Å². The Morgan fingerprint density at radius 3 is 0.843 bits per heavy atom. The Morgan fingerprint density at radius 2 is 0.543 bits per heavy atom. The maximum Gasteiger partial charge on any atom is 0.164 e. The second-order valence-electron chi connectivity index (χ2n) is 17.5. The zero-order valence-corrected chi connectivity index (χ0v) is 40.9. The number of aliphatic hydroxyl groups is 2. The van der Waals surface area contributed by atoms with E-state index in [9.17, 15) is 0 Å². The summed E-state index contributed by atoms with van der Waals surface area (Å²) in [5.41, 5.74) is 8.81. The van der Waals surface area contributed by atoms with Gasteiger partial charge in [-0.05, 0) is 74.2 Å². The Balaban J connectivity index is 0.000000163. The van der Waals surface area contributed by atoms with Gasteiger partial charge in [-0.15, -0.1) is 0 Å².